The molecule has 3 saturated carbocycles. The number of phenols is 1. The zero-order chi connectivity index (χ0) is 26.2. The van der Waals surface area contributed by atoms with Crippen molar-refractivity contribution in [2.45, 2.75) is 90.6 Å². The third-order valence-corrected chi connectivity index (χ3v) is 10.4. The van der Waals surface area contributed by atoms with E-state index in [1.54, 1.807) is 12.1 Å². The lowest BCUT2D eigenvalue weighted by Crippen LogP contribution is -2.51. The first-order valence-electron chi connectivity index (χ1n) is 14.2. The van der Waals surface area contributed by atoms with Crippen molar-refractivity contribution in [1.82, 2.24) is 5.32 Å². The number of fused-ring (bicyclic) bond motifs is 5. The number of rotatable bonds is 7. The van der Waals surface area contributed by atoms with Crippen molar-refractivity contribution < 1.29 is 24.2 Å². The lowest BCUT2D eigenvalue weighted by atomic mass is 9.47. The summed E-state index contributed by atoms with van der Waals surface area (Å²) in [5.74, 6) is 1.93. The molecule has 6 atom stereocenters. The van der Waals surface area contributed by atoms with E-state index in [2.05, 4.69) is 19.2 Å². The third kappa shape index (κ3) is 5.08. The van der Waals surface area contributed by atoms with E-state index in [0.29, 0.717) is 42.9 Å². The van der Waals surface area contributed by atoms with Gasteiger partial charge in [-0.05, 0) is 98.3 Å². The van der Waals surface area contributed by atoms with Crippen LogP contribution in [0.15, 0.2) is 35.9 Å². The third-order valence-electron chi connectivity index (χ3n) is 10.4. The first-order chi connectivity index (χ1) is 17.7. The van der Waals surface area contributed by atoms with Crippen LogP contribution in [0.5, 0.6) is 5.75 Å². The SMILES string of the molecule is CC12CCC(=O)C=C1CCC1C2CCC2(C)C(OC(=O)CCC(=O)NCCc3ccc(O)cc3)CCC12. The van der Waals surface area contributed by atoms with Crippen molar-refractivity contribution >= 4 is 17.7 Å². The number of carbonyl (C=O) groups excluding carboxylic acids is 3. The topological polar surface area (TPSA) is 92.7 Å². The standard InChI is InChI=1S/C31H41NO5/c1-30-16-13-23(34)19-21(30)5-8-24-25-9-10-27(31(25,2)17-14-26(24)30)37-29(36)12-11-28(35)32-18-15-20-3-6-22(33)7-4-20/h3-4,6-7,19,24-27,33H,5,8-18H2,1-2H3,(H,32,35). The Kier molecular flexibility index (Phi) is 7.21. The lowest BCUT2D eigenvalue weighted by molar-refractivity contribution is -0.160. The highest BCUT2D eigenvalue weighted by Gasteiger charge is 2.59. The Morgan fingerprint density at radius 2 is 1.78 bits per heavy atom. The zero-order valence-corrected chi connectivity index (χ0v) is 22.3. The van der Waals surface area contributed by atoms with E-state index in [4.69, 9.17) is 4.74 Å². The number of amides is 1. The molecule has 5 rings (SSSR count). The summed E-state index contributed by atoms with van der Waals surface area (Å²) in [7, 11) is 0. The summed E-state index contributed by atoms with van der Waals surface area (Å²) < 4.78 is 6.05. The van der Waals surface area contributed by atoms with Crippen molar-refractivity contribution in [3.63, 3.8) is 0 Å². The van der Waals surface area contributed by atoms with Crippen LogP contribution < -0.4 is 5.32 Å². The molecule has 0 heterocycles. The molecule has 0 radical (unpaired) electrons. The van der Waals surface area contributed by atoms with Crippen LogP contribution in [0.4, 0.5) is 0 Å². The van der Waals surface area contributed by atoms with Crippen LogP contribution in [0.1, 0.15) is 83.6 Å². The second-order valence-electron chi connectivity index (χ2n) is 12.3. The Bertz CT molecular complexity index is 1080. The van der Waals surface area contributed by atoms with E-state index in [1.165, 1.54) is 5.57 Å². The first-order valence-corrected chi connectivity index (χ1v) is 14.2. The molecule has 1 aromatic rings. The Labute approximate surface area is 220 Å². The molecule has 6 nitrogen and oxygen atoms in total. The highest BCUT2D eigenvalue weighted by molar-refractivity contribution is 5.91. The fourth-order valence-electron chi connectivity index (χ4n) is 8.24. The zero-order valence-electron chi connectivity index (χ0n) is 22.3. The normalized spacial score (nSPS) is 34.5. The Morgan fingerprint density at radius 1 is 1.00 bits per heavy atom. The van der Waals surface area contributed by atoms with Crippen LogP contribution in [0, 0.1) is 28.6 Å². The molecule has 0 spiro atoms. The van der Waals surface area contributed by atoms with Crippen LogP contribution in [0.25, 0.3) is 0 Å². The van der Waals surface area contributed by atoms with Gasteiger partial charge in [-0.1, -0.05) is 31.6 Å². The Balaban J connectivity index is 1.11. The molecule has 6 unspecified atom stereocenters. The fraction of sp³-hybridized carbons (Fsp3) is 0.645. The van der Waals surface area contributed by atoms with E-state index in [-0.39, 0.29) is 47.4 Å². The Hall–Kier alpha value is -2.63. The van der Waals surface area contributed by atoms with E-state index in [1.807, 2.05) is 18.2 Å². The molecule has 4 aliphatic carbocycles. The number of aromatic hydroxyl groups is 1. The highest BCUT2D eigenvalue weighted by atomic mass is 16.5. The van der Waals surface area contributed by atoms with Crippen molar-refractivity contribution in [2.24, 2.45) is 28.6 Å². The quantitative estimate of drug-likeness (QED) is 0.490. The van der Waals surface area contributed by atoms with Gasteiger partial charge >= 0.3 is 5.97 Å². The van der Waals surface area contributed by atoms with Crippen LogP contribution in [-0.2, 0) is 25.5 Å². The van der Waals surface area contributed by atoms with Gasteiger partial charge in [-0.2, -0.15) is 0 Å². The molecule has 0 bridgehead atoms. The van der Waals surface area contributed by atoms with E-state index in [9.17, 15) is 19.5 Å². The largest absolute Gasteiger partial charge is 0.508 e. The number of carbonyl (C=O) groups is 3. The van der Waals surface area contributed by atoms with E-state index in [0.717, 1.165) is 50.5 Å². The van der Waals surface area contributed by atoms with Gasteiger partial charge in [-0.15, -0.1) is 0 Å². The van der Waals surface area contributed by atoms with E-state index >= 15 is 0 Å². The van der Waals surface area contributed by atoms with Gasteiger partial charge in [0.25, 0.3) is 0 Å². The summed E-state index contributed by atoms with van der Waals surface area (Å²) in [6.45, 7) is 5.22. The molecular weight excluding hydrogens is 466 g/mol. The van der Waals surface area contributed by atoms with Crippen molar-refractivity contribution in [3.8, 4) is 5.75 Å². The maximum Gasteiger partial charge on any atom is 0.306 e. The van der Waals surface area contributed by atoms with Gasteiger partial charge in [-0.3, -0.25) is 14.4 Å². The summed E-state index contributed by atoms with van der Waals surface area (Å²) in [6, 6.07) is 6.94. The summed E-state index contributed by atoms with van der Waals surface area (Å²) in [5.41, 5.74) is 2.58. The number of ketones is 1. The average Bonchev–Trinajstić information content (AvgIpc) is 3.20. The molecular formula is C31H41NO5. The maximum atomic E-state index is 12.7. The molecule has 200 valence electrons. The van der Waals surface area contributed by atoms with Crippen molar-refractivity contribution in [1.29, 1.82) is 0 Å². The molecule has 1 amide bonds. The molecule has 3 fully saturated rings. The minimum absolute atomic E-state index is 0.00523. The van der Waals surface area contributed by atoms with Crippen molar-refractivity contribution in [3.05, 3.63) is 41.5 Å². The monoisotopic (exact) mass is 507 g/mol. The van der Waals surface area contributed by atoms with Gasteiger partial charge in [-0.25, -0.2) is 0 Å². The van der Waals surface area contributed by atoms with Crippen LogP contribution >= 0.6 is 0 Å². The van der Waals surface area contributed by atoms with Crippen molar-refractivity contribution in [2.75, 3.05) is 6.54 Å². The number of ether oxygens (including phenoxy) is 1. The minimum Gasteiger partial charge on any atom is -0.508 e. The van der Waals surface area contributed by atoms with Crippen LogP contribution in [0.2, 0.25) is 0 Å². The molecule has 2 N–H and O–H groups in total. The summed E-state index contributed by atoms with van der Waals surface area (Å²) in [6.07, 6.45) is 10.8. The van der Waals surface area contributed by atoms with E-state index < -0.39 is 0 Å². The predicted molar refractivity (Wildman–Crippen MR) is 141 cm³/mol. The summed E-state index contributed by atoms with van der Waals surface area (Å²) in [4.78, 5) is 37.1. The highest BCUT2D eigenvalue weighted by Crippen LogP contribution is 2.65. The second kappa shape index (κ2) is 10.3. The van der Waals surface area contributed by atoms with Gasteiger partial charge < -0.3 is 15.2 Å². The summed E-state index contributed by atoms with van der Waals surface area (Å²) in [5, 5.41) is 12.2. The molecule has 6 heteroatoms. The maximum absolute atomic E-state index is 12.7. The molecule has 0 aliphatic heterocycles. The van der Waals surface area contributed by atoms with Crippen LogP contribution in [-0.4, -0.2) is 35.4 Å². The molecule has 4 aliphatic rings. The number of benzene rings is 1. The Morgan fingerprint density at radius 3 is 2.57 bits per heavy atom. The van der Waals surface area contributed by atoms with Gasteiger partial charge in [0.2, 0.25) is 5.91 Å². The smallest absolute Gasteiger partial charge is 0.306 e. The van der Waals surface area contributed by atoms with Gasteiger partial charge in [0.1, 0.15) is 11.9 Å². The molecule has 0 saturated heterocycles. The number of phenolic OH excluding ortho intramolecular Hbond substituents is 1. The first kappa shape index (κ1) is 26.0. The molecule has 0 aromatic heterocycles. The minimum atomic E-state index is -0.269. The number of hydrogen-bond acceptors (Lipinski definition) is 5. The fourth-order valence-corrected chi connectivity index (χ4v) is 8.24. The molecule has 1 aromatic carbocycles. The second-order valence-corrected chi connectivity index (χ2v) is 12.3. The average molecular weight is 508 g/mol. The summed E-state index contributed by atoms with van der Waals surface area (Å²) >= 11 is 0. The van der Waals surface area contributed by atoms with Gasteiger partial charge in [0.15, 0.2) is 5.78 Å². The number of hydrogen-bond donors (Lipinski definition) is 2. The van der Waals surface area contributed by atoms with Gasteiger partial charge in [0.05, 0.1) is 6.42 Å². The van der Waals surface area contributed by atoms with Crippen LogP contribution in [0.3, 0.4) is 0 Å². The lowest BCUT2D eigenvalue weighted by Gasteiger charge is -2.57. The number of esters is 1. The predicted octanol–water partition coefficient (Wildman–Crippen LogP) is 5.27. The number of allylic oxidation sites excluding steroid dienone is 1. The van der Waals surface area contributed by atoms with Gasteiger partial charge in [0, 0.05) is 24.8 Å². The molecule has 37 heavy (non-hydrogen) atoms. The number of nitrogens with one attached hydrogen (secondary N) is 1.